The maximum absolute atomic E-state index is 11.0. The zero-order valence-electron chi connectivity index (χ0n) is 6.54. The number of hydrogen-bond donors (Lipinski definition) is 0. The van der Waals surface area contributed by atoms with Crippen LogP contribution < -0.4 is 0 Å². The lowest BCUT2D eigenvalue weighted by molar-refractivity contribution is -0.142. The standard InChI is InChI=1S/C7H8BrNO2S/c1-2-11-6(10)3-5-4-9-7(8)12-5/h4H,2-3H2,1H3. The van der Waals surface area contributed by atoms with Gasteiger partial charge in [0.1, 0.15) is 0 Å². The molecule has 1 aromatic rings. The normalized spacial score (nSPS) is 9.83. The number of hydrogen-bond acceptors (Lipinski definition) is 4. The van der Waals surface area contributed by atoms with Crippen molar-refractivity contribution in [3.05, 3.63) is 15.0 Å². The van der Waals surface area contributed by atoms with Gasteiger partial charge >= 0.3 is 5.97 Å². The maximum atomic E-state index is 11.0. The number of halogens is 1. The maximum Gasteiger partial charge on any atom is 0.311 e. The Balaban J connectivity index is 2.46. The molecule has 0 aromatic carbocycles. The summed E-state index contributed by atoms with van der Waals surface area (Å²) < 4.78 is 5.57. The molecule has 0 atom stereocenters. The van der Waals surface area contributed by atoms with Crippen molar-refractivity contribution in [2.75, 3.05) is 6.61 Å². The summed E-state index contributed by atoms with van der Waals surface area (Å²) in [4.78, 5) is 15.8. The van der Waals surface area contributed by atoms with Crippen LogP contribution in [-0.4, -0.2) is 17.6 Å². The average molecular weight is 250 g/mol. The molecule has 12 heavy (non-hydrogen) atoms. The predicted octanol–water partition coefficient (Wildman–Crippen LogP) is 2.01. The van der Waals surface area contributed by atoms with E-state index in [1.165, 1.54) is 11.3 Å². The van der Waals surface area contributed by atoms with Crippen molar-refractivity contribution in [1.29, 1.82) is 0 Å². The molecule has 1 rings (SSSR count). The van der Waals surface area contributed by atoms with Gasteiger partial charge in [-0.1, -0.05) is 0 Å². The summed E-state index contributed by atoms with van der Waals surface area (Å²) in [7, 11) is 0. The monoisotopic (exact) mass is 249 g/mol. The quantitative estimate of drug-likeness (QED) is 0.770. The summed E-state index contributed by atoms with van der Waals surface area (Å²) in [5.74, 6) is -0.200. The Bertz CT molecular complexity index is 274. The Labute approximate surface area is 82.9 Å². The SMILES string of the molecule is CCOC(=O)Cc1cnc(Br)s1. The van der Waals surface area contributed by atoms with E-state index in [9.17, 15) is 4.79 Å². The molecule has 0 saturated carbocycles. The highest BCUT2D eigenvalue weighted by Crippen LogP contribution is 2.18. The number of nitrogens with zero attached hydrogens (tertiary/aromatic N) is 1. The molecule has 1 heterocycles. The molecular weight excluding hydrogens is 242 g/mol. The molecule has 0 unspecified atom stereocenters. The minimum Gasteiger partial charge on any atom is -0.466 e. The van der Waals surface area contributed by atoms with E-state index in [0.29, 0.717) is 13.0 Å². The third-order valence-electron chi connectivity index (χ3n) is 1.15. The summed E-state index contributed by atoms with van der Waals surface area (Å²) in [6.07, 6.45) is 1.99. The van der Waals surface area contributed by atoms with Gasteiger partial charge in [-0.3, -0.25) is 4.79 Å². The van der Waals surface area contributed by atoms with E-state index in [2.05, 4.69) is 20.9 Å². The number of carbonyl (C=O) groups excluding carboxylic acids is 1. The van der Waals surface area contributed by atoms with E-state index in [4.69, 9.17) is 4.74 Å². The summed E-state index contributed by atoms with van der Waals surface area (Å²) in [5.41, 5.74) is 0. The van der Waals surface area contributed by atoms with Gasteiger partial charge in [0.25, 0.3) is 0 Å². The first kappa shape index (κ1) is 9.67. The highest BCUT2D eigenvalue weighted by molar-refractivity contribution is 9.11. The zero-order chi connectivity index (χ0) is 8.97. The second kappa shape index (κ2) is 4.57. The van der Waals surface area contributed by atoms with Crippen molar-refractivity contribution in [2.45, 2.75) is 13.3 Å². The molecule has 3 nitrogen and oxygen atoms in total. The van der Waals surface area contributed by atoms with Crippen molar-refractivity contribution < 1.29 is 9.53 Å². The fraction of sp³-hybridized carbons (Fsp3) is 0.429. The van der Waals surface area contributed by atoms with Gasteiger partial charge in [-0.2, -0.15) is 0 Å². The Hall–Kier alpha value is -0.420. The smallest absolute Gasteiger partial charge is 0.311 e. The first-order chi connectivity index (χ1) is 5.72. The Kier molecular flexibility index (Phi) is 3.68. The Morgan fingerprint density at radius 2 is 2.58 bits per heavy atom. The van der Waals surface area contributed by atoms with E-state index in [-0.39, 0.29) is 5.97 Å². The summed E-state index contributed by atoms with van der Waals surface area (Å²) in [5, 5.41) is 0. The van der Waals surface area contributed by atoms with Crippen LogP contribution in [-0.2, 0) is 16.0 Å². The van der Waals surface area contributed by atoms with Crippen LogP contribution in [0.4, 0.5) is 0 Å². The molecule has 0 aliphatic heterocycles. The lowest BCUT2D eigenvalue weighted by atomic mass is 10.4. The van der Waals surface area contributed by atoms with Crippen LogP contribution in [0.2, 0.25) is 0 Å². The number of carbonyl (C=O) groups is 1. The van der Waals surface area contributed by atoms with Gasteiger partial charge in [-0.25, -0.2) is 4.98 Å². The van der Waals surface area contributed by atoms with E-state index in [1.54, 1.807) is 13.1 Å². The van der Waals surface area contributed by atoms with Crippen LogP contribution in [0.25, 0.3) is 0 Å². The summed E-state index contributed by atoms with van der Waals surface area (Å²) >= 11 is 4.66. The molecule has 0 fully saturated rings. The van der Waals surface area contributed by atoms with E-state index >= 15 is 0 Å². The second-order valence-electron chi connectivity index (χ2n) is 2.06. The summed E-state index contributed by atoms with van der Waals surface area (Å²) in [6, 6.07) is 0. The molecule has 0 amide bonds. The van der Waals surface area contributed by atoms with E-state index < -0.39 is 0 Å². The van der Waals surface area contributed by atoms with Crippen LogP contribution in [0.15, 0.2) is 10.1 Å². The number of aromatic nitrogens is 1. The molecule has 0 aliphatic rings. The van der Waals surface area contributed by atoms with Gasteiger partial charge in [0.05, 0.1) is 13.0 Å². The fourth-order valence-corrected chi connectivity index (χ4v) is 2.06. The molecule has 0 aliphatic carbocycles. The molecular formula is C7H8BrNO2S. The Morgan fingerprint density at radius 1 is 1.83 bits per heavy atom. The molecule has 66 valence electrons. The van der Waals surface area contributed by atoms with Crippen LogP contribution in [0.5, 0.6) is 0 Å². The fourth-order valence-electron chi connectivity index (χ4n) is 0.720. The minimum atomic E-state index is -0.200. The van der Waals surface area contributed by atoms with Gasteiger partial charge in [-0.15, -0.1) is 11.3 Å². The molecule has 0 radical (unpaired) electrons. The van der Waals surface area contributed by atoms with Crippen LogP contribution >= 0.6 is 27.3 Å². The van der Waals surface area contributed by atoms with E-state index in [1.807, 2.05) is 0 Å². The van der Waals surface area contributed by atoms with Crippen LogP contribution in [0, 0.1) is 0 Å². The van der Waals surface area contributed by atoms with Crippen LogP contribution in [0.3, 0.4) is 0 Å². The third-order valence-corrected chi connectivity index (χ3v) is 2.63. The van der Waals surface area contributed by atoms with Gasteiger partial charge < -0.3 is 4.74 Å². The largest absolute Gasteiger partial charge is 0.466 e. The number of rotatable bonds is 3. The molecule has 5 heteroatoms. The van der Waals surface area contributed by atoms with Crippen molar-refractivity contribution in [3.8, 4) is 0 Å². The lowest BCUT2D eigenvalue weighted by Crippen LogP contribution is -2.06. The molecule has 0 bridgehead atoms. The van der Waals surface area contributed by atoms with Crippen molar-refractivity contribution in [2.24, 2.45) is 0 Å². The Morgan fingerprint density at radius 3 is 3.08 bits per heavy atom. The molecule has 0 spiro atoms. The van der Waals surface area contributed by atoms with Gasteiger partial charge in [0, 0.05) is 11.1 Å². The molecule has 0 N–H and O–H groups in total. The topological polar surface area (TPSA) is 39.2 Å². The van der Waals surface area contributed by atoms with Crippen molar-refractivity contribution in [3.63, 3.8) is 0 Å². The van der Waals surface area contributed by atoms with Gasteiger partial charge in [0.15, 0.2) is 3.92 Å². The minimum absolute atomic E-state index is 0.200. The number of thiazole rings is 1. The average Bonchev–Trinajstić information content (AvgIpc) is 2.36. The second-order valence-corrected chi connectivity index (χ2v) is 4.45. The molecule has 0 saturated heterocycles. The van der Waals surface area contributed by atoms with Crippen molar-refractivity contribution >= 4 is 33.2 Å². The summed E-state index contributed by atoms with van der Waals surface area (Å²) in [6.45, 7) is 2.22. The zero-order valence-corrected chi connectivity index (χ0v) is 8.94. The van der Waals surface area contributed by atoms with Crippen LogP contribution in [0.1, 0.15) is 11.8 Å². The van der Waals surface area contributed by atoms with Gasteiger partial charge in [-0.05, 0) is 22.9 Å². The first-order valence-corrected chi connectivity index (χ1v) is 5.09. The van der Waals surface area contributed by atoms with Crippen molar-refractivity contribution in [1.82, 2.24) is 4.98 Å². The van der Waals surface area contributed by atoms with E-state index in [0.717, 1.165) is 8.79 Å². The highest BCUT2D eigenvalue weighted by atomic mass is 79.9. The highest BCUT2D eigenvalue weighted by Gasteiger charge is 2.06. The number of ether oxygens (including phenoxy) is 1. The van der Waals surface area contributed by atoms with Gasteiger partial charge in [0.2, 0.25) is 0 Å². The molecule has 1 aromatic heterocycles. The number of esters is 1. The third kappa shape index (κ3) is 2.91. The predicted molar refractivity (Wildman–Crippen MR) is 50.2 cm³/mol. The lowest BCUT2D eigenvalue weighted by Gasteiger charge is -1.97. The first-order valence-electron chi connectivity index (χ1n) is 3.48.